The number of fused-ring (bicyclic) bond motifs is 2. The molecule has 2 aliphatic rings. The largest absolute Gasteiger partial charge is 0.390 e. The Morgan fingerprint density at radius 2 is 2.18 bits per heavy atom. The number of aryl methyl sites for hydroxylation is 1. The standard InChI is InChI=1S/C17H19N3O2/c21-15-9-11-5-1-2-6-12(11)16(15)19-17(22)13-10-18-20-8-4-3-7-14(13)20/h1-2,5-6,10,15-16,21H,3-4,7-9H2,(H,19,22)/t15-,16+/m0/s1. The van der Waals surface area contributed by atoms with Gasteiger partial charge in [-0.05, 0) is 30.4 Å². The second-order valence-corrected chi connectivity index (χ2v) is 6.11. The molecule has 4 rings (SSSR count). The summed E-state index contributed by atoms with van der Waals surface area (Å²) in [7, 11) is 0. The van der Waals surface area contributed by atoms with Crippen LogP contribution in [0.5, 0.6) is 0 Å². The van der Waals surface area contributed by atoms with Gasteiger partial charge in [-0.3, -0.25) is 9.48 Å². The van der Waals surface area contributed by atoms with Crippen LogP contribution < -0.4 is 5.32 Å². The first kappa shape index (κ1) is 13.5. The van der Waals surface area contributed by atoms with Crippen molar-refractivity contribution in [2.45, 2.75) is 44.4 Å². The monoisotopic (exact) mass is 297 g/mol. The van der Waals surface area contributed by atoms with E-state index in [-0.39, 0.29) is 11.9 Å². The van der Waals surface area contributed by atoms with Crippen molar-refractivity contribution in [2.24, 2.45) is 0 Å². The van der Waals surface area contributed by atoms with Crippen molar-refractivity contribution in [3.05, 3.63) is 52.8 Å². The molecule has 2 N–H and O–H groups in total. The van der Waals surface area contributed by atoms with E-state index < -0.39 is 6.10 Å². The average Bonchev–Trinajstić information content (AvgIpc) is 3.09. The van der Waals surface area contributed by atoms with Gasteiger partial charge >= 0.3 is 0 Å². The van der Waals surface area contributed by atoms with Gasteiger partial charge in [0.15, 0.2) is 0 Å². The molecule has 1 aromatic carbocycles. The van der Waals surface area contributed by atoms with Gasteiger partial charge in [-0.2, -0.15) is 5.10 Å². The third-order valence-corrected chi connectivity index (χ3v) is 4.72. The Kier molecular flexibility index (Phi) is 3.22. The molecule has 2 atom stereocenters. The molecule has 22 heavy (non-hydrogen) atoms. The van der Waals surface area contributed by atoms with Gasteiger partial charge in [-0.25, -0.2) is 0 Å². The summed E-state index contributed by atoms with van der Waals surface area (Å²) >= 11 is 0. The number of nitrogens with one attached hydrogen (secondary N) is 1. The highest BCUT2D eigenvalue weighted by molar-refractivity contribution is 5.95. The number of hydrogen-bond acceptors (Lipinski definition) is 3. The van der Waals surface area contributed by atoms with Crippen molar-refractivity contribution >= 4 is 5.91 Å². The maximum absolute atomic E-state index is 12.6. The first-order valence-corrected chi connectivity index (χ1v) is 7.85. The molecule has 1 amide bonds. The molecule has 1 aliphatic carbocycles. The molecule has 5 nitrogen and oxygen atoms in total. The van der Waals surface area contributed by atoms with Crippen LogP contribution in [0, 0.1) is 0 Å². The Morgan fingerprint density at radius 3 is 3.09 bits per heavy atom. The Morgan fingerprint density at radius 1 is 1.32 bits per heavy atom. The number of rotatable bonds is 2. The lowest BCUT2D eigenvalue weighted by atomic mass is 10.0. The molecular formula is C17H19N3O2. The normalized spacial score (nSPS) is 23.0. The van der Waals surface area contributed by atoms with E-state index in [1.807, 2.05) is 28.9 Å². The third kappa shape index (κ3) is 2.13. The van der Waals surface area contributed by atoms with E-state index in [0.29, 0.717) is 12.0 Å². The fourth-order valence-corrected chi connectivity index (χ4v) is 3.58. The van der Waals surface area contributed by atoms with Crippen LogP contribution in [0.2, 0.25) is 0 Å². The minimum Gasteiger partial charge on any atom is -0.390 e. The molecule has 114 valence electrons. The van der Waals surface area contributed by atoms with Crippen LogP contribution in [-0.2, 0) is 19.4 Å². The Balaban J connectivity index is 1.59. The number of nitrogens with zero attached hydrogens (tertiary/aromatic N) is 2. The lowest BCUT2D eigenvalue weighted by Gasteiger charge is -2.19. The lowest BCUT2D eigenvalue weighted by Crippen LogP contribution is -2.34. The molecule has 1 aliphatic heterocycles. The van der Waals surface area contributed by atoms with Crippen LogP contribution in [-0.4, -0.2) is 26.9 Å². The van der Waals surface area contributed by atoms with Gasteiger partial charge in [-0.15, -0.1) is 0 Å². The van der Waals surface area contributed by atoms with Crippen molar-refractivity contribution in [3.8, 4) is 0 Å². The molecule has 0 bridgehead atoms. The molecule has 0 radical (unpaired) electrons. The fourth-order valence-electron chi connectivity index (χ4n) is 3.58. The minimum absolute atomic E-state index is 0.135. The number of carbonyl (C=O) groups is 1. The number of aliphatic hydroxyl groups excluding tert-OH is 1. The van der Waals surface area contributed by atoms with Gasteiger partial charge in [0.2, 0.25) is 0 Å². The average molecular weight is 297 g/mol. The van der Waals surface area contributed by atoms with Gasteiger partial charge < -0.3 is 10.4 Å². The Hall–Kier alpha value is -2.14. The van der Waals surface area contributed by atoms with Crippen molar-refractivity contribution in [1.82, 2.24) is 15.1 Å². The maximum atomic E-state index is 12.6. The molecule has 1 aromatic heterocycles. The topological polar surface area (TPSA) is 67.2 Å². The SMILES string of the molecule is O=C(N[C@@H]1c2ccccc2C[C@@H]1O)c1cnn2c1CCCC2. The Labute approximate surface area is 129 Å². The summed E-state index contributed by atoms with van der Waals surface area (Å²) in [6.45, 7) is 0.886. The van der Waals surface area contributed by atoms with E-state index in [1.165, 1.54) is 0 Å². The number of carbonyl (C=O) groups excluding carboxylic acids is 1. The van der Waals surface area contributed by atoms with Gasteiger partial charge in [0.1, 0.15) is 0 Å². The summed E-state index contributed by atoms with van der Waals surface area (Å²) in [5.41, 5.74) is 3.79. The van der Waals surface area contributed by atoms with Crippen LogP contribution in [0.3, 0.4) is 0 Å². The lowest BCUT2D eigenvalue weighted by molar-refractivity contribution is 0.0857. The zero-order valence-electron chi connectivity index (χ0n) is 12.3. The van der Waals surface area contributed by atoms with Crippen LogP contribution >= 0.6 is 0 Å². The van der Waals surface area contributed by atoms with Crippen LogP contribution in [0.4, 0.5) is 0 Å². The fraction of sp³-hybridized carbons (Fsp3) is 0.412. The summed E-state index contributed by atoms with van der Waals surface area (Å²) in [6, 6.07) is 7.56. The molecular weight excluding hydrogens is 278 g/mol. The summed E-state index contributed by atoms with van der Waals surface area (Å²) in [5.74, 6) is -0.135. The van der Waals surface area contributed by atoms with E-state index in [4.69, 9.17) is 0 Å². The minimum atomic E-state index is -0.562. The molecule has 2 aromatic rings. The van der Waals surface area contributed by atoms with E-state index in [0.717, 1.165) is 42.6 Å². The highest BCUT2D eigenvalue weighted by atomic mass is 16.3. The van der Waals surface area contributed by atoms with E-state index in [2.05, 4.69) is 10.4 Å². The predicted molar refractivity (Wildman–Crippen MR) is 81.5 cm³/mol. The highest BCUT2D eigenvalue weighted by Crippen LogP contribution is 2.31. The zero-order chi connectivity index (χ0) is 15.1. The van der Waals surface area contributed by atoms with Crippen molar-refractivity contribution in [2.75, 3.05) is 0 Å². The second kappa shape index (κ2) is 5.25. The first-order chi connectivity index (χ1) is 10.7. The quantitative estimate of drug-likeness (QED) is 0.885. The smallest absolute Gasteiger partial charge is 0.255 e. The number of hydrogen-bond donors (Lipinski definition) is 2. The van der Waals surface area contributed by atoms with Crippen molar-refractivity contribution in [3.63, 3.8) is 0 Å². The van der Waals surface area contributed by atoms with Crippen molar-refractivity contribution in [1.29, 1.82) is 0 Å². The number of aliphatic hydroxyl groups is 1. The maximum Gasteiger partial charge on any atom is 0.255 e. The number of amides is 1. The predicted octanol–water partition coefficient (Wildman–Crippen LogP) is 1.61. The highest BCUT2D eigenvalue weighted by Gasteiger charge is 2.33. The molecule has 0 spiro atoms. The molecule has 0 saturated heterocycles. The van der Waals surface area contributed by atoms with Crippen LogP contribution in [0.25, 0.3) is 0 Å². The van der Waals surface area contributed by atoms with E-state index >= 15 is 0 Å². The van der Waals surface area contributed by atoms with Gasteiger partial charge in [0.05, 0.1) is 29.6 Å². The van der Waals surface area contributed by atoms with E-state index in [9.17, 15) is 9.90 Å². The molecule has 2 heterocycles. The first-order valence-electron chi connectivity index (χ1n) is 7.85. The van der Waals surface area contributed by atoms with Gasteiger partial charge in [0.25, 0.3) is 5.91 Å². The third-order valence-electron chi connectivity index (χ3n) is 4.72. The summed E-state index contributed by atoms with van der Waals surface area (Å²) < 4.78 is 1.93. The van der Waals surface area contributed by atoms with Gasteiger partial charge in [0, 0.05) is 13.0 Å². The number of benzene rings is 1. The summed E-state index contributed by atoms with van der Waals surface area (Å²) in [4.78, 5) is 12.6. The summed E-state index contributed by atoms with van der Waals surface area (Å²) in [5, 5.41) is 17.6. The molecule has 5 heteroatoms. The zero-order valence-corrected chi connectivity index (χ0v) is 12.3. The number of aromatic nitrogens is 2. The van der Waals surface area contributed by atoms with Gasteiger partial charge in [-0.1, -0.05) is 24.3 Å². The van der Waals surface area contributed by atoms with Crippen molar-refractivity contribution < 1.29 is 9.90 Å². The molecule has 0 unspecified atom stereocenters. The molecule has 0 saturated carbocycles. The van der Waals surface area contributed by atoms with E-state index in [1.54, 1.807) is 6.20 Å². The van der Waals surface area contributed by atoms with Crippen LogP contribution in [0.1, 0.15) is 46.1 Å². The Bertz CT molecular complexity index is 722. The van der Waals surface area contributed by atoms with Crippen LogP contribution in [0.15, 0.2) is 30.5 Å². The molecule has 0 fully saturated rings. The summed E-state index contributed by atoms with van der Waals surface area (Å²) in [6.07, 6.45) is 4.79. The second-order valence-electron chi connectivity index (χ2n) is 6.11.